The van der Waals surface area contributed by atoms with E-state index in [0.717, 1.165) is 70.1 Å². The molecule has 0 aliphatic rings. The first-order valence-electron chi connectivity index (χ1n) is 16.9. The Balaban J connectivity index is 4.13. The van der Waals surface area contributed by atoms with Crippen LogP contribution in [0.1, 0.15) is 129 Å². The molecule has 0 amide bonds. The third-order valence-corrected chi connectivity index (χ3v) is 7.32. The minimum Gasteiger partial charge on any atom is -0.462 e. The first-order valence-corrected chi connectivity index (χ1v) is 18.4. The second kappa shape index (κ2) is 30.6. The summed E-state index contributed by atoms with van der Waals surface area (Å²) in [5.74, 6) is -0.247. The number of aliphatic hydroxyl groups is 1. The van der Waals surface area contributed by atoms with Crippen LogP contribution >= 0.6 is 7.82 Å². The SMILES string of the molecule is CC(C)CCCCCCCCC(=O)OC[C@H](COP(=O)(O)O)OC(=O)CCC/C=C\C/C=C\C/C=C\C/C=C\CCCCCO. The zero-order valence-electron chi connectivity index (χ0n) is 27.9. The molecule has 0 aromatic heterocycles. The van der Waals surface area contributed by atoms with Crippen LogP contribution in [-0.4, -0.2) is 52.8 Å². The predicted octanol–water partition coefficient (Wildman–Crippen LogP) is 8.45. The number of phosphoric ester groups is 1. The van der Waals surface area contributed by atoms with Crippen LogP contribution in [0.3, 0.4) is 0 Å². The van der Waals surface area contributed by atoms with Crippen LogP contribution in [0.5, 0.6) is 0 Å². The van der Waals surface area contributed by atoms with Crippen molar-refractivity contribution in [2.45, 2.75) is 136 Å². The summed E-state index contributed by atoms with van der Waals surface area (Å²) in [6.07, 6.45) is 31.7. The largest absolute Gasteiger partial charge is 0.469 e. The number of unbranched alkanes of at least 4 members (excludes halogenated alkanes) is 9. The minimum atomic E-state index is -4.77. The van der Waals surface area contributed by atoms with Gasteiger partial charge in [0, 0.05) is 19.4 Å². The lowest BCUT2D eigenvalue weighted by atomic mass is 10.0. The van der Waals surface area contributed by atoms with E-state index in [1.165, 1.54) is 19.3 Å². The van der Waals surface area contributed by atoms with Crippen molar-refractivity contribution in [2.24, 2.45) is 5.92 Å². The highest BCUT2D eigenvalue weighted by atomic mass is 31.2. The van der Waals surface area contributed by atoms with Gasteiger partial charge in [0.05, 0.1) is 6.61 Å². The maximum absolute atomic E-state index is 12.3. The van der Waals surface area contributed by atoms with Crippen molar-refractivity contribution in [3.8, 4) is 0 Å². The quantitative estimate of drug-likeness (QED) is 0.0301. The first-order chi connectivity index (χ1) is 21.6. The topological polar surface area (TPSA) is 140 Å². The van der Waals surface area contributed by atoms with Gasteiger partial charge in [-0.05, 0) is 63.7 Å². The number of allylic oxidation sites excluding steroid dienone is 8. The normalized spacial score (nSPS) is 13.2. The Kier molecular flexibility index (Phi) is 29.2. The maximum Gasteiger partial charge on any atom is 0.469 e. The summed E-state index contributed by atoms with van der Waals surface area (Å²) in [6.45, 7) is 3.84. The van der Waals surface area contributed by atoms with Crippen molar-refractivity contribution in [1.29, 1.82) is 0 Å². The molecular formula is C35H61O9P. The number of hydrogen-bond donors (Lipinski definition) is 3. The first kappa shape index (κ1) is 43.0. The number of esters is 2. The van der Waals surface area contributed by atoms with Crippen molar-refractivity contribution in [3.05, 3.63) is 48.6 Å². The van der Waals surface area contributed by atoms with Crippen molar-refractivity contribution in [1.82, 2.24) is 0 Å². The molecule has 0 aromatic carbocycles. The van der Waals surface area contributed by atoms with Crippen LogP contribution in [0, 0.1) is 5.92 Å². The predicted molar refractivity (Wildman–Crippen MR) is 180 cm³/mol. The summed E-state index contributed by atoms with van der Waals surface area (Å²) >= 11 is 0. The van der Waals surface area contributed by atoms with E-state index >= 15 is 0 Å². The molecule has 0 aromatic rings. The maximum atomic E-state index is 12.3. The van der Waals surface area contributed by atoms with Gasteiger partial charge in [-0.3, -0.25) is 14.1 Å². The van der Waals surface area contributed by atoms with E-state index in [1.54, 1.807) is 0 Å². The summed E-state index contributed by atoms with van der Waals surface area (Å²) in [7, 11) is -4.77. The molecule has 0 aliphatic carbocycles. The molecule has 0 rings (SSSR count). The Labute approximate surface area is 272 Å². The fourth-order valence-corrected chi connectivity index (χ4v) is 4.65. The van der Waals surface area contributed by atoms with Gasteiger partial charge in [-0.2, -0.15) is 0 Å². The van der Waals surface area contributed by atoms with Gasteiger partial charge in [-0.25, -0.2) is 4.57 Å². The number of phosphoric acid groups is 1. The van der Waals surface area contributed by atoms with Gasteiger partial charge in [0.1, 0.15) is 6.61 Å². The average Bonchev–Trinajstić information content (AvgIpc) is 2.98. The molecular weight excluding hydrogens is 595 g/mol. The van der Waals surface area contributed by atoms with Gasteiger partial charge in [-0.1, -0.05) is 107 Å². The Morgan fingerprint density at radius 2 is 1.16 bits per heavy atom. The van der Waals surface area contributed by atoms with E-state index in [1.807, 2.05) is 12.2 Å². The van der Waals surface area contributed by atoms with Crippen LogP contribution in [0.4, 0.5) is 0 Å². The molecule has 1 atom stereocenters. The summed E-state index contributed by atoms with van der Waals surface area (Å²) < 4.78 is 26.1. The Hall–Kier alpha value is -2.03. The molecule has 0 saturated heterocycles. The molecule has 9 nitrogen and oxygen atoms in total. The minimum absolute atomic E-state index is 0.125. The highest BCUT2D eigenvalue weighted by Gasteiger charge is 2.22. The van der Waals surface area contributed by atoms with Gasteiger partial charge in [0.2, 0.25) is 0 Å². The Morgan fingerprint density at radius 1 is 0.644 bits per heavy atom. The van der Waals surface area contributed by atoms with Gasteiger partial charge >= 0.3 is 19.8 Å². The van der Waals surface area contributed by atoms with Crippen LogP contribution in [0.2, 0.25) is 0 Å². The van der Waals surface area contributed by atoms with Crippen molar-refractivity contribution < 1.29 is 43.0 Å². The molecule has 260 valence electrons. The molecule has 0 bridgehead atoms. The molecule has 45 heavy (non-hydrogen) atoms. The summed E-state index contributed by atoms with van der Waals surface area (Å²) in [5.41, 5.74) is 0. The van der Waals surface area contributed by atoms with E-state index in [2.05, 4.69) is 54.8 Å². The Morgan fingerprint density at radius 3 is 1.73 bits per heavy atom. The van der Waals surface area contributed by atoms with Gasteiger partial charge in [0.25, 0.3) is 0 Å². The number of aliphatic hydroxyl groups excluding tert-OH is 1. The number of carbonyl (C=O) groups is 2. The van der Waals surface area contributed by atoms with E-state index < -0.39 is 32.5 Å². The van der Waals surface area contributed by atoms with E-state index in [4.69, 9.17) is 24.4 Å². The van der Waals surface area contributed by atoms with Crippen molar-refractivity contribution >= 4 is 19.8 Å². The fourth-order valence-electron chi connectivity index (χ4n) is 4.29. The zero-order chi connectivity index (χ0) is 33.4. The average molecular weight is 657 g/mol. The molecule has 0 aliphatic heterocycles. The number of rotatable bonds is 30. The van der Waals surface area contributed by atoms with Crippen molar-refractivity contribution in [3.63, 3.8) is 0 Å². The van der Waals surface area contributed by atoms with Crippen LogP contribution in [-0.2, 0) is 28.2 Å². The molecule has 0 radical (unpaired) electrons. The zero-order valence-corrected chi connectivity index (χ0v) is 28.8. The standard InChI is InChI=1S/C35H61O9P/c1-32(2)26-22-18-15-16-19-23-27-34(37)42-30-33(31-43-45(39,40)41)44-35(38)28-24-20-14-12-10-8-6-4-3-5-7-9-11-13-17-21-25-29-36/h3,5-6,8-9,11-12,14,32-33,36H,4,7,10,13,15-31H2,1-2H3,(H2,39,40,41)/b5-3-,8-6-,11-9-,14-12-/t33-/m1/s1. The van der Waals surface area contributed by atoms with E-state index in [9.17, 15) is 14.2 Å². The summed E-state index contributed by atoms with van der Waals surface area (Å²) in [5, 5.41) is 8.75. The second-order valence-corrected chi connectivity index (χ2v) is 12.9. The van der Waals surface area contributed by atoms with Gasteiger partial charge in [0.15, 0.2) is 6.10 Å². The molecule has 0 unspecified atom stereocenters. The number of hydrogen-bond acceptors (Lipinski definition) is 7. The number of ether oxygens (including phenoxy) is 2. The van der Waals surface area contributed by atoms with E-state index in [-0.39, 0.29) is 26.1 Å². The molecule has 0 heterocycles. The second-order valence-electron chi connectivity index (χ2n) is 11.7. The van der Waals surface area contributed by atoms with Crippen molar-refractivity contribution in [2.75, 3.05) is 19.8 Å². The highest BCUT2D eigenvalue weighted by Crippen LogP contribution is 2.35. The summed E-state index contributed by atoms with van der Waals surface area (Å²) in [6, 6.07) is 0. The molecule has 3 N–H and O–H groups in total. The highest BCUT2D eigenvalue weighted by molar-refractivity contribution is 7.46. The monoisotopic (exact) mass is 656 g/mol. The lowest BCUT2D eigenvalue weighted by molar-refractivity contribution is -0.161. The van der Waals surface area contributed by atoms with Crippen LogP contribution < -0.4 is 0 Å². The van der Waals surface area contributed by atoms with Crippen LogP contribution in [0.25, 0.3) is 0 Å². The summed E-state index contributed by atoms with van der Waals surface area (Å²) in [4.78, 5) is 42.4. The molecule has 0 saturated carbocycles. The van der Waals surface area contributed by atoms with Crippen LogP contribution in [0.15, 0.2) is 48.6 Å². The molecule has 0 spiro atoms. The third kappa shape index (κ3) is 34.7. The van der Waals surface area contributed by atoms with Gasteiger partial charge < -0.3 is 24.4 Å². The lowest BCUT2D eigenvalue weighted by Gasteiger charge is -2.18. The van der Waals surface area contributed by atoms with Gasteiger partial charge in [-0.15, -0.1) is 0 Å². The molecule has 0 fully saturated rings. The fraction of sp³-hybridized carbons (Fsp3) is 0.714. The third-order valence-electron chi connectivity index (χ3n) is 6.83. The Bertz CT molecular complexity index is 890. The number of carbonyl (C=O) groups excluding carboxylic acids is 2. The smallest absolute Gasteiger partial charge is 0.462 e. The lowest BCUT2D eigenvalue weighted by Crippen LogP contribution is -2.29. The molecule has 10 heteroatoms. The van der Waals surface area contributed by atoms with E-state index in [0.29, 0.717) is 19.3 Å².